The standard InChI is InChI=1S/C24H34N6O5/c1-4-12-35-22(32)13-19(16(2)3)20-14-30(29-28-20)21(6-5-11-26-24(25)34)23(33)27-18-9-7-17(15-31)8-10-18/h4,7-10,14,16,19,21,31H,1,5-6,11-13,15H2,2-3H3,(H,27,33)(H3,25,26,34)/t19-,21-/m0/s1. The predicted octanol–water partition coefficient (Wildman–Crippen LogP) is 2.26. The Bertz CT molecular complexity index is 989. The maximum Gasteiger partial charge on any atom is 0.312 e. The molecular weight excluding hydrogens is 452 g/mol. The van der Waals surface area contributed by atoms with Crippen LogP contribution >= 0.6 is 0 Å². The highest BCUT2D eigenvalue weighted by Crippen LogP contribution is 2.28. The zero-order chi connectivity index (χ0) is 25.8. The molecule has 1 aromatic heterocycles. The van der Waals surface area contributed by atoms with Crippen molar-refractivity contribution in [1.29, 1.82) is 0 Å². The summed E-state index contributed by atoms with van der Waals surface area (Å²) in [6.45, 7) is 7.83. The molecule has 2 aromatic rings. The minimum Gasteiger partial charge on any atom is -0.461 e. The third-order valence-electron chi connectivity index (χ3n) is 5.44. The van der Waals surface area contributed by atoms with Crippen LogP contribution in [0.2, 0.25) is 0 Å². The number of aromatic nitrogens is 3. The summed E-state index contributed by atoms with van der Waals surface area (Å²) in [7, 11) is 0. The molecule has 0 saturated carbocycles. The van der Waals surface area contributed by atoms with Crippen LogP contribution in [0.15, 0.2) is 43.1 Å². The van der Waals surface area contributed by atoms with Crippen LogP contribution in [0.3, 0.4) is 0 Å². The quantitative estimate of drug-likeness (QED) is 0.181. The van der Waals surface area contributed by atoms with Gasteiger partial charge in [0.2, 0.25) is 5.91 Å². The molecule has 1 heterocycles. The number of rotatable bonds is 14. The van der Waals surface area contributed by atoms with Crippen LogP contribution in [0.25, 0.3) is 0 Å². The van der Waals surface area contributed by atoms with Crippen LogP contribution in [-0.2, 0) is 20.9 Å². The fourth-order valence-corrected chi connectivity index (χ4v) is 3.49. The summed E-state index contributed by atoms with van der Waals surface area (Å²) >= 11 is 0. The number of hydrogen-bond donors (Lipinski definition) is 4. The zero-order valence-corrected chi connectivity index (χ0v) is 20.1. The van der Waals surface area contributed by atoms with E-state index in [1.807, 2.05) is 13.8 Å². The van der Waals surface area contributed by atoms with Gasteiger partial charge in [-0.3, -0.25) is 9.59 Å². The van der Waals surface area contributed by atoms with Gasteiger partial charge >= 0.3 is 12.0 Å². The molecule has 11 heteroatoms. The molecule has 2 rings (SSSR count). The van der Waals surface area contributed by atoms with Crippen molar-refractivity contribution in [1.82, 2.24) is 20.3 Å². The van der Waals surface area contributed by atoms with Gasteiger partial charge in [-0.15, -0.1) is 5.10 Å². The van der Waals surface area contributed by atoms with Gasteiger partial charge in [0.25, 0.3) is 0 Å². The third-order valence-corrected chi connectivity index (χ3v) is 5.44. The van der Waals surface area contributed by atoms with Crippen molar-refractivity contribution < 1.29 is 24.2 Å². The predicted molar refractivity (Wildman–Crippen MR) is 130 cm³/mol. The van der Waals surface area contributed by atoms with Gasteiger partial charge in [0, 0.05) is 24.3 Å². The minimum absolute atomic E-state index is 0.0773. The second kappa shape index (κ2) is 13.9. The number of primary amides is 1. The first-order valence-electron chi connectivity index (χ1n) is 11.5. The lowest BCUT2D eigenvalue weighted by Gasteiger charge is -2.18. The molecule has 0 aliphatic carbocycles. The largest absolute Gasteiger partial charge is 0.461 e. The molecule has 1 aromatic carbocycles. The second-order valence-corrected chi connectivity index (χ2v) is 8.44. The molecule has 0 fully saturated rings. The zero-order valence-electron chi connectivity index (χ0n) is 20.1. The van der Waals surface area contributed by atoms with E-state index < -0.39 is 12.1 Å². The Morgan fingerprint density at radius 3 is 2.57 bits per heavy atom. The highest BCUT2D eigenvalue weighted by molar-refractivity contribution is 5.93. The number of hydrogen-bond acceptors (Lipinski definition) is 7. The van der Waals surface area contributed by atoms with Gasteiger partial charge in [-0.25, -0.2) is 9.48 Å². The average molecular weight is 487 g/mol. The smallest absolute Gasteiger partial charge is 0.312 e. The van der Waals surface area contributed by atoms with Gasteiger partial charge in [0.1, 0.15) is 12.6 Å². The fourth-order valence-electron chi connectivity index (χ4n) is 3.49. The van der Waals surface area contributed by atoms with Gasteiger partial charge in [0.05, 0.1) is 18.7 Å². The van der Waals surface area contributed by atoms with Crippen LogP contribution < -0.4 is 16.4 Å². The molecule has 2 atom stereocenters. The molecule has 0 radical (unpaired) electrons. The minimum atomic E-state index is -0.719. The van der Waals surface area contributed by atoms with Crippen LogP contribution in [0.5, 0.6) is 0 Å². The molecule has 0 unspecified atom stereocenters. The summed E-state index contributed by atoms with van der Waals surface area (Å²) < 4.78 is 6.59. The van der Waals surface area contributed by atoms with Crippen LogP contribution in [0.4, 0.5) is 10.5 Å². The monoisotopic (exact) mass is 486 g/mol. The average Bonchev–Trinajstić information content (AvgIpc) is 3.30. The number of anilines is 1. The molecule has 5 N–H and O–H groups in total. The molecule has 0 aliphatic heterocycles. The van der Waals surface area contributed by atoms with Crippen molar-refractivity contribution in [2.45, 2.75) is 51.7 Å². The molecule has 0 saturated heterocycles. The summed E-state index contributed by atoms with van der Waals surface area (Å²) in [5, 5.41) is 23.0. The summed E-state index contributed by atoms with van der Waals surface area (Å²) in [5.74, 6) is -0.846. The van der Waals surface area contributed by atoms with E-state index >= 15 is 0 Å². The summed E-state index contributed by atoms with van der Waals surface area (Å²) in [6.07, 6.45) is 4.14. The number of amides is 3. The van der Waals surface area contributed by atoms with Gasteiger partial charge in [0.15, 0.2) is 0 Å². The van der Waals surface area contributed by atoms with Gasteiger partial charge in [-0.05, 0) is 36.5 Å². The Morgan fingerprint density at radius 2 is 1.97 bits per heavy atom. The van der Waals surface area contributed by atoms with E-state index in [-0.39, 0.29) is 43.3 Å². The first-order valence-corrected chi connectivity index (χ1v) is 11.5. The van der Waals surface area contributed by atoms with E-state index in [0.717, 1.165) is 5.56 Å². The summed E-state index contributed by atoms with van der Waals surface area (Å²) in [4.78, 5) is 36.3. The fraction of sp³-hybridized carbons (Fsp3) is 0.458. The van der Waals surface area contributed by atoms with Gasteiger partial charge in [-0.1, -0.05) is 43.8 Å². The Labute approximate surface area is 204 Å². The van der Waals surface area contributed by atoms with Crippen molar-refractivity contribution in [3.63, 3.8) is 0 Å². The number of benzene rings is 1. The normalized spacial score (nSPS) is 12.6. The lowest BCUT2D eigenvalue weighted by atomic mass is 9.90. The molecule has 0 spiro atoms. The molecule has 190 valence electrons. The summed E-state index contributed by atoms with van der Waals surface area (Å²) in [6, 6.07) is 5.48. The first-order chi connectivity index (χ1) is 16.7. The Morgan fingerprint density at radius 1 is 1.26 bits per heavy atom. The molecule has 3 amide bonds. The Kier molecular flexibility index (Phi) is 10.9. The van der Waals surface area contributed by atoms with E-state index in [2.05, 4.69) is 27.5 Å². The van der Waals surface area contributed by atoms with E-state index in [1.54, 1.807) is 30.5 Å². The van der Waals surface area contributed by atoms with E-state index in [9.17, 15) is 19.5 Å². The highest BCUT2D eigenvalue weighted by atomic mass is 16.5. The summed E-state index contributed by atoms with van der Waals surface area (Å²) in [5.41, 5.74) is 7.00. The van der Waals surface area contributed by atoms with Crippen LogP contribution in [-0.4, -0.2) is 51.2 Å². The number of ether oxygens (including phenoxy) is 1. The number of aliphatic hydroxyl groups excluding tert-OH is 1. The lowest BCUT2D eigenvalue weighted by molar-refractivity contribution is -0.143. The lowest BCUT2D eigenvalue weighted by Crippen LogP contribution is -2.31. The number of nitrogens with one attached hydrogen (secondary N) is 2. The third kappa shape index (κ3) is 8.85. The molecule has 11 nitrogen and oxygen atoms in total. The first kappa shape index (κ1) is 27.5. The SMILES string of the molecule is C=CCOC(=O)C[C@H](c1cn([C@@H](CCCNC(N)=O)C(=O)Nc2ccc(CO)cc2)nn1)C(C)C. The van der Waals surface area contributed by atoms with Crippen molar-refractivity contribution in [3.8, 4) is 0 Å². The number of aliphatic hydroxyl groups is 1. The Balaban J connectivity index is 2.21. The van der Waals surface area contributed by atoms with E-state index in [1.165, 1.54) is 10.8 Å². The van der Waals surface area contributed by atoms with E-state index in [0.29, 0.717) is 30.8 Å². The molecule has 35 heavy (non-hydrogen) atoms. The number of nitrogens with zero attached hydrogens (tertiary/aromatic N) is 3. The highest BCUT2D eigenvalue weighted by Gasteiger charge is 2.27. The van der Waals surface area contributed by atoms with Crippen molar-refractivity contribution >= 4 is 23.6 Å². The van der Waals surface area contributed by atoms with Crippen molar-refractivity contribution in [3.05, 3.63) is 54.4 Å². The maximum absolute atomic E-state index is 13.2. The molecule has 0 bridgehead atoms. The van der Waals surface area contributed by atoms with Crippen LogP contribution in [0.1, 0.15) is 56.3 Å². The van der Waals surface area contributed by atoms with Crippen LogP contribution in [0, 0.1) is 5.92 Å². The number of urea groups is 1. The Hall–Kier alpha value is -3.73. The number of carbonyl (C=O) groups is 3. The molecule has 0 aliphatic rings. The second-order valence-electron chi connectivity index (χ2n) is 8.44. The van der Waals surface area contributed by atoms with E-state index in [4.69, 9.17) is 10.5 Å². The van der Waals surface area contributed by atoms with Gasteiger partial charge < -0.3 is 26.2 Å². The van der Waals surface area contributed by atoms with Gasteiger partial charge in [-0.2, -0.15) is 0 Å². The molecular formula is C24H34N6O5. The number of nitrogens with two attached hydrogens (primary N) is 1. The van der Waals surface area contributed by atoms with Crippen molar-refractivity contribution in [2.75, 3.05) is 18.5 Å². The number of carbonyl (C=O) groups excluding carboxylic acids is 3. The topological polar surface area (TPSA) is 161 Å². The number of esters is 1. The maximum atomic E-state index is 13.2. The van der Waals surface area contributed by atoms with Crippen molar-refractivity contribution in [2.24, 2.45) is 11.7 Å².